The largest absolute Gasteiger partial charge is 0.443 e. The number of amidine groups is 1. The number of nitrogens with zero attached hydrogens (tertiary/aromatic N) is 3. The summed E-state index contributed by atoms with van der Waals surface area (Å²) in [5.41, 5.74) is 2.28. The van der Waals surface area contributed by atoms with Gasteiger partial charge in [0.05, 0.1) is 5.25 Å². The number of rotatable bonds is 5. The highest BCUT2D eigenvalue weighted by molar-refractivity contribution is 7.90. The number of aliphatic imine (C=N–C) groups is 1. The molecule has 1 saturated heterocycles. The van der Waals surface area contributed by atoms with E-state index in [0.717, 1.165) is 59.8 Å². The first-order chi connectivity index (χ1) is 19.1. The maximum Gasteiger partial charge on any atom is 0.414 e. The normalized spacial score (nSPS) is 28.3. The predicted molar refractivity (Wildman–Crippen MR) is 161 cm³/mol. The van der Waals surface area contributed by atoms with Gasteiger partial charge in [-0.1, -0.05) is 19.8 Å². The maximum absolute atomic E-state index is 13.7. The first-order valence-electron chi connectivity index (χ1n) is 15.1. The van der Waals surface area contributed by atoms with Gasteiger partial charge in [0.2, 0.25) is 10.0 Å². The summed E-state index contributed by atoms with van der Waals surface area (Å²) in [7, 11) is -1.83. The molecule has 0 bridgehead atoms. The van der Waals surface area contributed by atoms with E-state index in [1.54, 1.807) is 11.4 Å². The summed E-state index contributed by atoms with van der Waals surface area (Å²) in [5.74, 6) is 1.72. The molecule has 226 valence electrons. The molecule has 1 aromatic carbocycles. The second-order valence-electron chi connectivity index (χ2n) is 13.8. The van der Waals surface area contributed by atoms with Crippen molar-refractivity contribution in [3.05, 3.63) is 28.8 Å². The van der Waals surface area contributed by atoms with E-state index < -0.39 is 32.5 Å². The van der Waals surface area contributed by atoms with E-state index in [4.69, 9.17) is 9.73 Å². The van der Waals surface area contributed by atoms with Gasteiger partial charge in [0.15, 0.2) is 0 Å². The van der Waals surface area contributed by atoms with Crippen molar-refractivity contribution in [1.82, 2.24) is 9.62 Å². The van der Waals surface area contributed by atoms with E-state index in [1.807, 2.05) is 46.8 Å². The van der Waals surface area contributed by atoms with Gasteiger partial charge in [-0.15, -0.1) is 0 Å². The lowest BCUT2D eigenvalue weighted by Gasteiger charge is -2.35. The van der Waals surface area contributed by atoms with Crippen molar-refractivity contribution in [2.75, 3.05) is 25.0 Å². The Hall–Kier alpha value is -2.46. The van der Waals surface area contributed by atoms with Crippen molar-refractivity contribution in [3.8, 4) is 0 Å². The molecule has 2 atom stereocenters. The summed E-state index contributed by atoms with van der Waals surface area (Å²) in [6.45, 7) is 12.3. The second kappa shape index (κ2) is 10.7. The molecule has 2 aliphatic heterocycles. The standard InChI is InChI=1S/C31H46N4O5S/c1-19-8-10-22(11-9-19)27-32-28(36)31(33-27)12-14-35(15-13-31)41(38,39)25-18-24(25)26-20(2)16-23(17-21(26)3)34(7)29(37)40-30(4,5)6/h16-17,19,22,24-25H,8-15,18H2,1-7H3,(H,32,33,36). The molecule has 0 aromatic heterocycles. The SMILES string of the molecule is Cc1cc(N(C)C(=O)OC(C)(C)C)cc(C)c1C1CC1S(=O)(=O)N1CCC2(CC1)N=C(C1CCC(C)CC1)NC2=O. The van der Waals surface area contributed by atoms with E-state index in [0.29, 0.717) is 38.3 Å². The molecule has 1 N–H and O–H groups in total. The number of nitrogens with one attached hydrogen (secondary N) is 1. The fraction of sp³-hybridized carbons (Fsp3) is 0.710. The van der Waals surface area contributed by atoms with Crippen LogP contribution in [0.4, 0.5) is 10.5 Å². The second-order valence-corrected chi connectivity index (χ2v) is 15.9. The first kappa shape index (κ1) is 30.0. The van der Waals surface area contributed by atoms with Gasteiger partial charge in [0.1, 0.15) is 17.0 Å². The van der Waals surface area contributed by atoms with Crippen LogP contribution in [0, 0.1) is 25.7 Å². The van der Waals surface area contributed by atoms with Crippen LogP contribution in [-0.2, 0) is 19.6 Å². The predicted octanol–water partition coefficient (Wildman–Crippen LogP) is 5.05. The highest BCUT2D eigenvalue weighted by Gasteiger charge is 2.54. The zero-order chi connectivity index (χ0) is 29.9. The number of aryl methyl sites for hydroxylation is 2. The summed E-state index contributed by atoms with van der Waals surface area (Å²) >= 11 is 0. The van der Waals surface area contributed by atoms with E-state index in [2.05, 4.69) is 12.2 Å². The van der Waals surface area contributed by atoms with Gasteiger partial charge < -0.3 is 10.1 Å². The third-order valence-electron chi connectivity index (χ3n) is 9.43. The van der Waals surface area contributed by atoms with E-state index in [9.17, 15) is 18.0 Å². The molecule has 2 aliphatic carbocycles. The molecular formula is C31H46N4O5S. The highest BCUT2D eigenvalue weighted by atomic mass is 32.2. The van der Waals surface area contributed by atoms with Crippen LogP contribution >= 0.6 is 0 Å². The minimum absolute atomic E-state index is 0.0600. The molecule has 1 spiro atoms. The van der Waals surface area contributed by atoms with Crippen molar-refractivity contribution >= 4 is 33.5 Å². The Morgan fingerprint density at radius 2 is 1.68 bits per heavy atom. The van der Waals surface area contributed by atoms with Crippen LogP contribution in [0.1, 0.15) is 95.2 Å². The fourth-order valence-corrected chi connectivity index (χ4v) is 8.96. The van der Waals surface area contributed by atoms with Gasteiger partial charge >= 0.3 is 6.09 Å². The molecule has 0 radical (unpaired) electrons. The number of ether oxygens (including phenoxy) is 1. The average Bonchev–Trinajstić information content (AvgIpc) is 3.62. The molecule has 2 amide bonds. The molecular weight excluding hydrogens is 540 g/mol. The molecule has 2 saturated carbocycles. The van der Waals surface area contributed by atoms with Crippen molar-refractivity contribution in [3.63, 3.8) is 0 Å². The summed E-state index contributed by atoms with van der Waals surface area (Å²) in [6.07, 6.45) is 5.41. The number of hydrogen-bond donors (Lipinski definition) is 1. The topological polar surface area (TPSA) is 108 Å². The molecule has 3 fully saturated rings. The highest BCUT2D eigenvalue weighted by Crippen LogP contribution is 2.50. The van der Waals surface area contributed by atoms with E-state index in [1.165, 1.54) is 4.90 Å². The Bertz CT molecular complexity index is 1330. The molecule has 5 rings (SSSR count). The van der Waals surface area contributed by atoms with Gasteiger partial charge in [-0.2, -0.15) is 0 Å². The van der Waals surface area contributed by atoms with Crippen molar-refractivity contribution < 1.29 is 22.7 Å². The number of hydrogen-bond acceptors (Lipinski definition) is 6. The Labute approximate surface area is 245 Å². The van der Waals surface area contributed by atoms with Crippen molar-refractivity contribution in [2.45, 2.75) is 109 Å². The summed E-state index contributed by atoms with van der Waals surface area (Å²) in [5, 5.41) is 2.60. The number of piperidine rings is 1. The number of benzene rings is 1. The number of anilines is 1. The van der Waals surface area contributed by atoms with Crippen LogP contribution in [0.3, 0.4) is 0 Å². The van der Waals surface area contributed by atoms with Gasteiger partial charge in [0, 0.05) is 37.7 Å². The zero-order valence-corrected chi connectivity index (χ0v) is 26.4. The molecule has 2 heterocycles. The molecule has 4 aliphatic rings. The smallest absolute Gasteiger partial charge is 0.414 e. The van der Waals surface area contributed by atoms with Gasteiger partial charge in [0.25, 0.3) is 5.91 Å². The quantitative estimate of drug-likeness (QED) is 0.520. The molecule has 2 unspecified atom stereocenters. The Kier molecular flexibility index (Phi) is 7.81. The lowest BCUT2D eigenvalue weighted by atomic mass is 9.82. The fourth-order valence-electron chi connectivity index (χ4n) is 6.88. The van der Waals surface area contributed by atoms with Crippen LogP contribution < -0.4 is 10.2 Å². The van der Waals surface area contributed by atoms with Gasteiger partial charge in [-0.25, -0.2) is 17.5 Å². The monoisotopic (exact) mass is 586 g/mol. The molecule has 9 nitrogen and oxygen atoms in total. The average molecular weight is 587 g/mol. The summed E-state index contributed by atoms with van der Waals surface area (Å²) in [4.78, 5) is 32.0. The lowest BCUT2D eigenvalue weighted by Crippen LogP contribution is -2.51. The third-order valence-corrected chi connectivity index (χ3v) is 11.8. The Morgan fingerprint density at radius 1 is 1.10 bits per heavy atom. The maximum atomic E-state index is 13.7. The summed E-state index contributed by atoms with van der Waals surface area (Å²) < 4.78 is 34.5. The van der Waals surface area contributed by atoms with Gasteiger partial charge in [-0.05, 0) is 101 Å². The van der Waals surface area contributed by atoms with Gasteiger partial charge in [-0.3, -0.25) is 14.7 Å². The van der Waals surface area contributed by atoms with Crippen LogP contribution in [-0.4, -0.2) is 67.1 Å². The molecule has 41 heavy (non-hydrogen) atoms. The molecule has 10 heteroatoms. The molecule has 1 aromatic rings. The number of carbonyl (C=O) groups excluding carboxylic acids is 2. The lowest BCUT2D eigenvalue weighted by molar-refractivity contribution is -0.125. The first-order valence-corrected chi connectivity index (χ1v) is 16.6. The Balaban J connectivity index is 1.24. The zero-order valence-electron chi connectivity index (χ0n) is 25.6. The number of amides is 2. The van der Waals surface area contributed by atoms with E-state index >= 15 is 0 Å². The summed E-state index contributed by atoms with van der Waals surface area (Å²) in [6, 6.07) is 3.86. The minimum atomic E-state index is -3.52. The number of sulfonamides is 1. The van der Waals surface area contributed by atoms with Crippen LogP contribution in [0.2, 0.25) is 0 Å². The van der Waals surface area contributed by atoms with Crippen LogP contribution in [0.5, 0.6) is 0 Å². The number of carbonyl (C=O) groups is 2. The van der Waals surface area contributed by atoms with Crippen molar-refractivity contribution in [1.29, 1.82) is 0 Å². The van der Waals surface area contributed by atoms with Crippen LogP contribution in [0.25, 0.3) is 0 Å². The van der Waals surface area contributed by atoms with E-state index in [-0.39, 0.29) is 11.8 Å². The third kappa shape index (κ3) is 5.91. The Morgan fingerprint density at radius 3 is 2.24 bits per heavy atom. The van der Waals surface area contributed by atoms with Crippen molar-refractivity contribution in [2.24, 2.45) is 16.8 Å². The van der Waals surface area contributed by atoms with Crippen LogP contribution in [0.15, 0.2) is 17.1 Å². The minimum Gasteiger partial charge on any atom is -0.443 e.